The number of carboxylic acid groups (broad SMARTS) is 1. The lowest BCUT2D eigenvalue weighted by Gasteiger charge is -2.41. The number of nitrogens with one attached hydrogen (secondary N) is 1. The van der Waals surface area contributed by atoms with Crippen LogP contribution in [0, 0.1) is 17.8 Å². The highest BCUT2D eigenvalue weighted by Gasteiger charge is 2.32. The number of piperidine rings is 1. The van der Waals surface area contributed by atoms with Crippen LogP contribution < -0.4 is 5.32 Å². The van der Waals surface area contributed by atoms with Gasteiger partial charge in [0.25, 0.3) is 0 Å². The monoisotopic (exact) mass is 268 g/mol. The second-order valence-electron chi connectivity index (χ2n) is 5.93. The summed E-state index contributed by atoms with van der Waals surface area (Å²) in [6.07, 6.45) is 5.55. The van der Waals surface area contributed by atoms with E-state index in [-0.39, 0.29) is 12.6 Å². The number of amides is 2. The first-order valence-corrected chi connectivity index (χ1v) is 7.35. The molecule has 2 N–H and O–H groups in total. The molecular weight excluding hydrogens is 244 g/mol. The van der Waals surface area contributed by atoms with Gasteiger partial charge in [0.1, 0.15) is 0 Å². The average molecular weight is 268 g/mol. The van der Waals surface area contributed by atoms with Crippen molar-refractivity contribution in [3.8, 4) is 0 Å². The zero-order valence-corrected chi connectivity index (χ0v) is 11.6. The molecule has 2 fully saturated rings. The third kappa shape index (κ3) is 3.61. The van der Waals surface area contributed by atoms with E-state index < -0.39 is 11.9 Å². The van der Waals surface area contributed by atoms with Crippen LogP contribution in [-0.2, 0) is 4.79 Å². The van der Waals surface area contributed by atoms with Crippen LogP contribution in [0.2, 0.25) is 0 Å². The summed E-state index contributed by atoms with van der Waals surface area (Å²) in [7, 11) is 0. The van der Waals surface area contributed by atoms with Crippen molar-refractivity contribution in [2.45, 2.75) is 39.0 Å². The number of aliphatic carboxylic acids is 1. The average Bonchev–Trinajstić information content (AvgIpc) is 2.38. The molecule has 5 heteroatoms. The lowest BCUT2D eigenvalue weighted by Crippen LogP contribution is -2.50. The zero-order chi connectivity index (χ0) is 13.8. The molecule has 1 saturated heterocycles. The van der Waals surface area contributed by atoms with Crippen LogP contribution in [0.25, 0.3) is 0 Å². The Bertz CT molecular complexity index is 334. The lowest BCUT2D eigenvalue weighted by molar-refractivity contribution is -0.141. The van der Waals surface area contributed by atoms with Gasteiger partial charge in [-0.3, -0.25) is 4.79 Å². The van der Waals surface area contributed by atoms with Crippen molar-refractivity contribution in [3.63, 3.8) is 0 Å². The van der Waals surface area contributed by atoms with Crippen LogP contribution in [0.1, 0.15) is 39.0 Å². The van der Waals surface area contributed by atoms with Gasteiger partial charge in [0, 0.05) is 19.6 Å². The van der Waals surface area contributed by atoms with E-state index in [4.69, 9.17) is 5.11 Å². The van der Waals surface area contributed by atoms with Crippen LogP contribution >= 0.6 is 0 Å². The van der Waals surface area contributed by atoms with Gasteiger partial charge in [-0.05, 0) is 37.5 Å². The summed E-state index contributed by atoms with van der Waals surface area (Å²) < 4.78 is 0. The Morgan fingerprint density at radius 1 is 1.32 bits per heavy atom. The van der Waals surface area contributed by atoms with Crippen molar-refractivity contribution in [1.29, 1.82) is 0 Å². The minimum Gasteiger partial charge on any atom is -0.481 e. The van der Waals surface area contributed by atoms with Gasteiger partial charge in [0.2, 0.25) is 0 Å². The van der Waals surface area contributed by atoms with Crippen molar-refractivity contribution >= 4 is 12.0 Å². The minimum atomic E-state index is -0.835. The van der Waals surface area contributed by atoms with E-state index in [9.17, 15) is 9.59 Å². The fourth-order valence-corrected chi connectivity index (χ4v) is 3.33. The van der Waals surface area contributed by atoms with E-state index >= 15 is 0 Å². The van der Waals surface area contributed by atoms with Gasteiger partial charge >= 0.3 is 12.0 Å². The van der Waals surface area contributed by atoms with Crippen LogP contribution in [0.4, 0.5) is 4.79 Å². The van der Waals surface area contributed by atoms with Crippen LogP contribution in [0.5, 0.6) is 0 Å². The highest BCUT2D eigenvalue weighted by Crippen LogP contribution is 2.34. The largest absolute Gasteiger partial charge is 0.481 e. The quantitative estimate of drug-likeness (QED) is 0.818. The Morgan fingerprint density at radius 3 is 2.47 bits per heavy atom. The van der Waals surface area contributed by atoms with Crippen LogP contribution in [0.3, 0.4) is 0 Å². The molecule has 0 aromatic rings. The summed E-state index contributed by atoms with van der Waals surface area (Å²) in [5.41, 5.74) is 0. The van der Waals surface area contributed by atoms with Crippen molar-refractivity contribution < 1.29 is 14.7 Å². The molecule has 0 aromatic carbocycles. The molecule has 0 radical (unpaired) electrons. The molecule has 1 saturated carbocycles. The maximum atomic E-state index is 12.1. The molecule has 5 nitrogen and oxygen atoms in total. The number of hydrogen-bond donors (Lipinski definition) is 2. The van der Waals surface area contributed by atoms with Gasteiger partial charge in [-0.25, -0.2) is 4.79 Å². The van der Waals surface area contributed by atoms with E-state index in [1.807, 2.05) is 11.8 Å². The van der Waals surface area contributed by atoms with Gasteiger partial charge in [0.15, 0.2) is 0 Å². The number of rotatable bonds is 4. The number of carboxylic acids is 1. The summed E-state index contributed by atoms with van der Waals surface area (Å²) in [6.45, 7) is 3.74. The van der Waals surface area contributed by atoms with Crippen molar-refractivity contribution in [3.05, 3.63) is 0 Å². The summed E-state index contributed by atoms with van der Waals surface area (Å²) in [6, 6.07) is -0.0868. The molecule has 19 heavy (non-hydrogen) atoms. The minimum absolute atomic E-state index is 0.0868. The van der Waals surface area contributed by atoms with Crippen molar-refractivity contribution in [2.24, 2.45) is 17.8 Å². The van der Waals surface area contributed by atoms with E-state index in [1.165, 1.54) is 25.7 Å². The maximum absolute atomic E-state index is 12.1. The van der Waals surface area contributed by atoms with Gasteiger partial charge in [-0.1, -0.05) is 13.3 Å². The summed E-state index contributed by atoms with van der Waals surface area (Å²) >= 11 is 0. The Labute approximate surface area is 114 Å². The number of fused-ring (bicyclic) bond motifs is 2. The number of carbonyl (C=O) groups is 2. The molecule has 2 rings (SSSR count). The zero-order valence-electron chi connectivity index (χ0n) is 11.6. The van der Waals surface area contributed by atoms with E-state index in [1.54, 1.807) is 0 Å². The first-order valence-electron chi connectivity index (χ1n) is 7.35. The molecular formula is C14H24N2O3. The summed E-state index contributed by atoms with van der Waals surface area (Å²) in [5, 5.41) is 11.7. The normalized spacial score (nSPS) is 27.7. The molecule has 0 spiro atoms. The Balaban J connectivity index is 1.81. The van der Waals surface area contributed by atoms with Gasteiger partial charge in [-0.2, -0.15) is 0 Å². The predicted molar refractivity (Wildman–Crippen MR) is 71.8 cm³/mol. The van der Waals surface area contributed by atoms with Gasteiger partial charge < -0.3 is 15.3 Å². The number of likely N-dealkylation sites (tertiary alicyclic amines) is 1. The van der Waals surface area contributed by atoms with E-state index in [0.717, 1.165) is 13.1 Å². The fourth-order valence-electron chi connectivity index (χ4n) is 3.33. The predicted octanol–water partition coefficient (Wildman–Crippen LogP) is 1.93. The first kappa shape index (κ1) is 14.2. The summed E-state index contributed by atoms with van der Waals surface area (Å²) in [4.78, 5) is 24.9. The lowest BCUT2D eigenvalue weighted by atomic mass is 9.78. The molecule has 1 heterocycles. The molecule has 2 bridgehead atoms. The smallest absolute Gasteiger partial charge is 0.317 e. The number of nitrogens with zero attached hydrogens (tertiary/aromatic N) is 1. The Kier molecular flexibility index (Phi) is 4.66. The third-order valence-electron chi connectivity index (χ3n) is 4.48. The highest BCUT2D eigenvalue weighted by molar-refractivity contribution is 5.76. The van der Waals surface area contributed by atoms with Crippen LogP contribution in [-0.4, -0.2) is 41.6 Å². The SMILES string of the molecule is CCC(CNC(=O)N1CC2CCCC(C2)C1)C(=O)O. The molecule has 3 unspecified atom stereocenters. The topological polar surface area (TPSA) is 69.6 Å². The second kappa shape index (κ2) is 6.26. The molecule has 2 aliphatic rings. The van der Waals surface area contributed by atoms with E-state index in [0.29, 0.717) is 18.3 Å². The van der Waals surface area contributed by atoms with Gasteiger partial charge in [-0.15, -0.1) is 0 Å². The number of carbonyl (C=O) groups excluding carboxylic acids is 1. The fraction of sp³-hybridized carbons (Fsp3) is 0.857. The molecule has 108 valence electrons. The number of hydrogen-bond acceptors (Lipinski definition) is 2. The van der Waals surface area contributed by atoms with Crippen molar-refractivity contribution in [1.82, 2.24) is 10.2 Å². The van der Waals surface area contributed by atoms with Gasteiger partial charge in [0.05, 0.1) is 5.92 Å². The van der Waals surface area contributed by atoms with Crippen LogP contribution in [0.15, 0.2) is 0 Å². The maximum Gasteiger partial charge on any atom is 0.317 e. The Hall–Kier alpha value is -1.26. The first-order chi connectivity index (χ1) is 9.10. The Morgan fingerprint density at radius 2 is 1.95 bits per heavy atom. The summed E-state index contributed by atoms with van der Waals surface area (Å²) in [5.74, 6) is -0.00838. The molecule has 1 aliphatic carbocycles. The van der Waals surface area contributed by atoms with E-state index in [2.05, 4.69) is 5.32 Å². The number of urea groups is 1. The molecule has 1 aliphatic heterocycles. The third-order valence-corrected chi connectivity index (χ3v) is 4.48. The standard InChI is InChI=1S/C14H24N2O3/c1-2-12(13(17)18)7-15-14(19)16-8-10-4-3-5-11(6-10)9-16/h10-12H,2-9H2,1H3,(H,15,19)(H,17,18). The molecule has 3 atom stereocenters. The molecule has 0 aromatic heterocycles. The second-order valence-corrected chi connectivity index (χ2v) is 5.93. The van der Waals surface area contributed by atoms with Crippen molar-refractivity contribution in [2.75, 3.05) is 19.6 Å². The molecule has 2 amide bonds. The highest BCUT2D eigenvalue weighted by atomic mass is 16.4.